The minimum atomic E-state index is -0.494. The van der Waals surface area contributed by atoms with Crippen molar-refractivity contribution in [1.82, 2.24) is 20.1 Å². The first kappa shape index (κ1) is 21.6. The van der Waals surface area contributed by atoms with Crippen molar-refractivity contribution in [3.63, 3.8) is 0 Å². The topological polar surface area (TPSA) is 71.8 Å². The summed E-state index contributed by atoms with van der Waals surface area (Å²) in [5.41, 5.74) is 3.86. The number of benzene rings is 1. The lowest BCUT2D eigenvalue weighted by Gasteiger charge is -2.21. The van der Waals surface area contributed by atoms with Crippen LogP contribution in [0.25, 0.3) is 11.1 Å². The van der Waals surface area contributed by atoms with E-state index in [-0.39, 0.29) is 11.7 Å². The van der Waals surface area contributed by atoms with Crippen molar-refractivity contribution >= 4 is 11.7 Å². The van der Waals surface area contributed by atoms with E-state index in [4.69, 9.17) is 0 Å². The molecule has 7 heteroatoms. The van der Waals surface area contributed by atoms with Crippen LogP contribution in [0.15, 0.2) is 78.8 Å². The van der Waals surface area contributed by atoms with E-state index in [2.05, 4.69) is 32.9 Å². The number of carbonyl (C=O) groups is 1. The van der Waals surface area contributed by atoms with Crippen molar-refractivity contribution in [2.24, 2.45) is 7.05 Å². The second kappa shape index (κ2) is 10.2. The second-order valence-electron chi connectivity index (χ2n) is 7.77. The highest BCUT2D eigenvalue weighted by atomic mass is 19.1. The van der Waals surface area contributed by atoms with Gasteiger partial charge in [0.15, 0.2) is 0 Å². The van der Waals surface area contributed by atoms with E-state index in [1.165, 1.54) is 12.1 Å². The van der Waals surface area contributed by atoms with Crippen LogP contribution in [-0.4, -0.2) is 33.3 Å². The molecule has 2 aromatic heterocycles. The molecule has 0 saturated heterocycles. The summed E-state index contributed by atoms with van der Waals surface area (Å²) in [5, 5.41) is 10.4. The zero-order valence-corrected chi connectivity index (χ0v) is 18.0. The highest BCUT2D eigenvalue weighted by Crippen LogP contribution is 2.20. The van der Waals surface area contributed by atoms with Gasteiger partial charge in [-0.05, 0) is 54.7 Å². The number of pyridine rings is 1. The van der Waals surface area contributed by atoms with E-state index in [0.717, 1.165) is 35.1 Å². The molecule has 0 radical (unpaired) electrons. The molecule has 2 heterocycles. The Balaban J connectivity index is 1.42. The normalized spacial score (nSPS) is 14.1. The van der Waals surface area contributed by atoms with Crippen LogP contribution in [-0.2, 0) is 18.3 Å². The van der Waals surface area contributed by atoms with Gasteiger partial charge in [-0.1, -0.05) is 30.4 Å². The van der Waals surface area contributed by atoms with E-state index < -0.39 is 6.04 Å². The van der Waals surface area contributed by atoms with Gasteiger partial charge in [-0.3, -0.25) is 9.48 Å². The lowest BCUT2D eigenvalue weighted by molar-refractivity contribution is -0.117. The Morgan fingerprint density at radius 3 is 2.62 bits per heavy atom. The molecule has 0 fully saturated rings. The summed E-state index contributed by atoms with van der Waals surface area (Å²) in [4.78, 5) is 17.5. The Bertz CT molecular complexity index is 1120. The minimum Gasteiger partial charge on any atom is -0.309 e. The number of carbonyl (C=O) groups excluding carboxylic acids is 1. The molecule has 1 atom stereocenters. The molecular formula is C25H26FN5O. The smallest absolute Gasteiger partial charge is 0.247 e. The fourth-order valence-electron chi connectivity index (χ4n) is 3.63. The van der Waals surface area contributed by atoms with Crippen LogP contribution in [0.3, 0.4) is 0 Å². The molecule has 2 N–H and O–H groups in total. The van der Waals surface area contributed by atoms with Crippen molar-refractivity contribution in [3.8, 4) is 11.1 Å². The third-order valence-corrected chi connectivity index (χ3v) is 5.35. The van der Waals surface area contributed by atoms with Crippen LogP contribution in [0.4, 0.5) is 10.2 Å². The zero-order valence-electron chi connectivity index (χ0n) is 18.0. The number of amides is 1. The monoisotopic (exact) mass is 431 g/mol. The maximum Gasteiger partial charge on any atom is 0.247 e. The average molecular weight is 432 g/mol. The van der Waals surface area contributed by atoms with Gasteiger partial charge in [-0.25, -0.2) is 9.37 Å². The molecule has 1 amide bonds. The van der Waals surface area contributed by atoms with Crippen LogP contribution in [0.1, 0.15) is 18.4 Å². The van der Waals surface area contributed by atoms with Gasteiger partial charge < -0.3 is 10.6 Å². The standard InChI is InChI=1S/C25H26FN5O/c1-31-17-21(16-29-31)20-9-12-23(28-15-20)30-25(32)24(19-5-3-2-4-6-19)27-14-13-18-7-10-22(26)11-8-18/h3,5-12,15-17,24,27H,2,4,13-14H2,1H3,(H,28,30,32). The van der Waals surface area contributed by atoms with Crippen molar-refractivity contribution < 1.29 is 9.18 Å². The predicted molar refractivity (Wildman–Crippen MR) is 123 cm³/mol. The van der Waals surface area contributed by atoms with E-state index >= 15 is 0 Å². The van der Waals surface area contributed by atoms with Crippen molar-refractivity contribution in [1.29, 1.82) is 0 Å². The molecule has 6 nitrogen and oxygen atoms in total. The Kier molecular flexibility index (Phi) is 6.87. The summed E-state index contributed by atoms with van der Waals surface area (Å²) < 4.78 is 14.9. The molecule has 164 valence electrons. The molecule has 1 aliphatic rings. The summed E-state index contributed by atoms with van der Waals surface area (Å²) in [5.74, 6) is 0.0791. The summed E-state index contributed by atoms with van der Waals surface area (Å²) in [6.45, 7) is 0.586. The molecule has 1 aromatic carbocycles. The van der Waals surface area contributed by atoms with E-state index in [0.29, 0.717) is 18.8 Å². The zero-order chi connectivity index (χ0) is 22.3. The van der Waals surface area contributed by atoms with Crippen molar-refractivity contribution in [3.05, 3.63) is 90.2 Å². The summed E-state index contributed by atoms with van der Waals surface area (Å²) in [6.07, 6.45) is 14.2. The summed E-state index contributed by atoms with van der Waals surface area (Å²) in [6, 6.07) is 9.64. The molecule has 3 aromatic rings. The number of halogens is 1. The van der Waals surface area contributed by atoms with E-state index in [1.807, 2.05) is 25.4 Å². The highest BCUT2D eigenvalue weighted by Gasteiger charge is 2.22. The van der Waals surface area contributed by atoms with E-state index in [1.54, 1.807) is 35.3 Å². The number of rotatable bonds is 8. The summed E-state index contributed by atoms with van der Waals surface area (Å²) in [7, 11) is 1.86. The Hall–Kier alpha value is -3.58. The lowest BCUT2D eigenvalue weighted by Crippen LogP contribution is -2.43. The molecule has 0 spiro atoms. The van der Waals surface area contributed by atoms with Gasteiger partial charge in [0.25, 0.3) is 0 Å². The lowest BCUT2D eigenvalue weighted by atomic mass is 9.99. The molecule has 1 aliphatic carbocycles. The maximum atomic E-state index is 13.1. The second-order valence-corrected chi connectivity index (χ2v) is 7.77. The van der Waals surface area contributed by atoms with Gasteiger partial charge in [0.05, 0.1) is 6.20 Å². The molecule has 0 aliphatic heterocycles. The van der Waals surface area contributed by atoms with E-state index in [9.17, 15) is 9.18 Å². The van der Waals surface area contributed by atoms with Crippen molar-refractivity contribution in [2.45, 2.75) is 25.3 Å². The number of hydrogen-bond acceptors (Lipinski definition) is 4. The average Bonchev–Trinajstić information content (AvgIpc) is 3.25. The molecule has 0 saturated carbocycles. The Morgan fingerprint density at radius 1 is 1.12 bits per heavy atom. The van der Waals surface area contributed by atoms with Gasteiger partial charge >= 0.3 is 0 Å². The third kappa shape index (κ3) is 5.56. The first-order valence-corrected chi connectivity index (χ1v) is 10.7. The van der Waals surface area contributed by atoms with Crippen LogP contribution >= 0.6 is 0 Å². The SMILES string of the molecule is Cn1cc(-c2ccc(NC(=O)C(NCCc3ccc(F)cc3)C3=CCCC=C3)nc2)cn1. The van der Waals surface area contributed by atoms with Crippen LogP contribution in [0.5, 0.6) is 0 Å². The number of allylic oxidation sites excluding steroid dienone is 2. The number of aryl methyl sites for hydroxylation is 1. The van der Waals surface area contributed by atoms with Crippen LogP contribution in [0, 0.1) is 5.82 Å². The molecule has 32 heavy (non-hydrogen) atoms. The van der Waals surface area contributed by atoms with Crippen LogP contribution < -0.4 is 10.6 Å². The molecule has 0 bridgehead atoms. The predicted octanol–water partition coefficient (Wildman–Crippen LogP) is 4.04. The van der Waals surface area contributed by atoms with Gasteiger partial charge in [0.1, 0.15) is 17.7 Å². The van der Waals surface area contributed by atoms with Gasteiger partial charge in [-0.15, -0.1) is 0 Å². The fourth-order valence-corrected chi connectivity index (χ4v) is 3.63. The number of anilines is 1. The largest absolute Gasteiger partial charge is 0.309 e. The number of aromatic nitrogens is 3. The Labute approximate surface area is 186 Å². The quantitative estimate of drug-likeness (QED) is 0.565. The van der Waals surface area contributed by atoms with Crippen molar-refractivity contribution in [2.75, 3.05) is 11.9 Å². The molecular weight excluding hydrogens is 405 g/mol. The fraction of sp³-hybridized carbons (Fsp3) is 0.240. The Morgan fingerprint density at radius 2 is 1.97 bits per heavy atom. The number of nitrogens with one attached hydrogen (secondary N) is 2. The minimum absolute atomic E-state index is 0.163. The molecule has 1 unspecified atom stereocenters. The third-order valence-electron chi connectivity index (χ3n) is 5.35. The first-order valence-electron chi connectivity index (χ1n) is 10.7. The van der Waals surface area contributed by atoms with Gasteiger partial charge in [0, 0.05) is 37.1 Å². The van der Waals surface area contributed by atoms with Gasteiger partial charge in [-0.2, -0.15) is 5.10 Å². The number of hydrogen-bond donors (Lipinski definition) is 2. The molecule has 4 rings (SSSR count). The number of nitrogens with zero attached hydrogens (tertiary/aromatic N) is 3. The maximum absolute atomic E-state index is 13.1. The van der Waals surface area contributed by atoms with Crippen LogP contribution in [0.2, 0.25) is 0 Å². The first-order chi connectivity index (χ1) is 15.6. The van der Waals surface area contributed by atoms with Gasteiger partial charge in [0.2, 0.25) is 5.91 Å². The highest BCUT2D eigenvalue weighted by molar-refractivity contribution is 5.96. The summed E-state index contributed by atoms with van der Waals surface area (Å²) >= 11 is 0.